The number of nitrogens with one attached hydrogen (secondary N) is 1. The molecule has 0 radical (unpaired) electrons. The van der Waals surface area contributed by atoms with E-state index >= 15 is 0 Å². The first-order valence-corrected chi connectivity index (χ1v) is 2.70. The topological polar surface area (TPSA) is 38.3 Å². The first-order chi connectivity index (χ1) is 4.31. The van der Waals surface area contributed by atoms with Crippen LogP contribution in [0.4, 0.5) is 0 Å². The second kappa shape index (κ2) is 8.46. The normalized spacial score (nSPS) is 9.00. The number of ether oxygens (including phenoxy) is 1. The van der Waals surface area contributed by atoms with Crippen LogP contribution in [0.2, 0.25) is 0 Å². The summed E-state index contributed by atoms with van der Waals surface area (Å²) < 4.78 is 4.34. The Kier molecular flexibility index (Phi) is 10.3. The van der Waals surface area contributed by atoms with Gasteiger partial charge < -0.3 is 10.1 Å². The first-order valence-electron chi connectivity index (χ1n) is 2.70. The van der Waals surface area contributed by atoms with E-state index in [4.69, 9.17) is 0 Å². The third-order valence-corrected chi connectivity index (χ3v) is 0.777. The van der Waals surface area contributed by atoms with Gasteiger partial charge in [-0.25, -0.2) is 4.79 Å². The van der Waals surface area contributed by atoms with Crippen molar-refractivity contribution < 1.29 is 9.53 Å². The van der Waals surface area contributed by atoms with Crippen LogP contribution in [0.5, 0.6) is 0 Å². The molecule has 0 unspecified atom stereocenters. The number of likely N-dealkylation sites (N-methyl/N-ethyl adjacent to an activating group) is 1. The molecule has 10 heavy (non-hydrogen) atoms. The first kappa shape index (κ1) is 12.2. The van der Waals surface area contributed by atoms with E-state index in [2.05, 4.69) is 10.1 Å². The van der Waals surface area contributed by atoms with E-state index in [1.54, 1.807) is 6.08 Å². The van der Waals surface area contributed by atoms with Crippen molar-refractivity contribution in [2.45, 2.75) is 0 Å². The van der Waals surface area contributed by atoms with E-state index in [1.165, 1.54) is 13.2 Å². The van der Waals surface area contributed by atoms with Gasteiger partial charge in [-0.3, -0.25) is 0 Å². The molecule has 0 bridgehead atoms. The van der Waals surface area contributed by atoms with Gasteiger partial charge in [0.05, 0.1) is 7.11 Å². The molecule has 0 saturated carbocycles. The van der Waals surface area contributed by atoms with Crippen molar-refractivity contribution >= 4 is 18.4 Å². The van der Waals surface area contributed by atoms with Gasteiger partial charge in [0.1, 0.15) is 0 Å². The minimum Gasteiger partial charge on any atom is -0.466 e. The van der Waals surface area contributed by atoms with Gasteiger partial charge in [-0.2, -0.15) is 0 Å². The smallest absolute Gasteiger partial charge is 0.330 e. The molecule has 0 saturated heterocycles. The van der Waals surface area contributed by atoms with Gasteiger partial charge in [-0.1, -0.05) is 6.08 Å². The molecule has 60 valence electrons. The fourth-order valence-electron chi connectivity index (χ4n) is 0.341. The molecule has 1 N–H and O–H groups in total. The highest BCUT2D eigenvalue weighted by Crippen LogP contribution is 1.74. The number of rotatable bonds is 3. The summed E-state index contributed by atoms with van der Waals surface area (Å²) in [7, 11) is 3.16. The Morgan fingerprint density at radius 2 is 2.30 bits per heavy atom. The minimum absolute atomic E-state index is 0. The monoisotopic (exact) mass is 165 g/mol. The van der Waals surface area contributed by atoms with Crippen molar-refractivity contribution in [2.24, 2.45) is 0 Å². The van der Waals surface area contributed by atoms with Crippen LogP contribution in [0.15, 0.2) is 12.2 Å². The van der Waals surface area contributed by atoms with Gasteiger partial charge in [0.15, 0.2) is 0 Å². The number of carbonyl (C=O) groups excluding carboxylic acids is 1. The Hall–Kier alpha value is -0.540. The average molecular weight is 166 g/mol. The average Bonchev–Trinajstić information content (AvgIpc) is 1.89. The van der Waals surface area contributed by atoms with Gasteiger partial charge in [-0.05, 0) is 7.05 Å². The molecule has 0 fully saturated rings. The molecule has 0 heterocycles. The van der Waals surface area contributed by atoms with Crippen LogP contribution < -0.4 is 5.32 Å². The van der Waals surface area contributed by atoms with Crippen LogP contribution in [0.25, 0.3) is 0 Å². The predicted octanol–water partition coefficient (Wildman–Crippen LogP) is 0.357. The number of methoxy groups -OCH3 is 1. The molecule has 0 aromatic rings. The molecular weight excluding hydrogens is 154 g/mol. The number of hydrogen-bond acceptors (Lipinski definition) is 3. The third kappa shape index (κ3) is 7.46. The van der Waals surface area contributed by atoms with Gasteiger partial charge in [0.25, 0.3) is 0 Å². The summed E-state index contributed by atoms with van der Waals surface area (Å²) in [6, 6.07) is 0. The van der Waals surface area contributed by atoms with Crippen LogP contribution in [0.3, 0.4) is 0 Å². The largest absolute Gasteiger partial charge is 0.466 e. The quantitative estimate of drug-likeness (QED) is 0.485. The highest BCUT2D eigenvalue weighted by atomic mass is 35.5. The third-order valence-electron chi connectivity index (χ3n) is 0.777. The van der Waals surface area contributed by atoms with Crippen molar-refractivity contribution in [3.05, 3.63) is 12.2 Å². The zero-order valence-corrected chi connectivity index (χ0v) is 6.90. The SMILES string of the molecule is CNC/C=C/C(=O)OC.Cl. The molecule has 4 heteroatoms. The molecule has 0 aromatic carbocycles. The van der Waals surface area contributed by atoms with Crippen LogP contribution in [0, 0.1) is 0 Å². The summed E-state index contributed by atoms with van der Waals surface area (Å²) in [4.78, 5) is 10.3. The van der Waals surface area contributed by atoms with Crippen LogP contribution in [-0.4, -0.2) is 26.7 Å². The Labute approximate surface area is 66.9 Å². The maximum absolute atomic E-state index is 10.3. The van der Waals surface area contributed by atoms with Gasteiger partial charge in [-0.15, -0.1) is 12.4 Å². The van der Waals surface area contributed by atoms with Gasteiger partial charge >= 0.3 is 5.97 Å². The van der Waals surface area contributed by atoms with Crippen molar-refractivity contribution in [2.75, 3.05) is 20.7 Å². The predicted molar refractivity (Wildman–Crippen MR) is 42.3 cm³/mol. The molecule has 3 nitrogen and oxygen atoms in total. The summed E-state index contributed by atoms with van der Waals surface area (Å²) >= 11 is 0. The zero-order valence-electron chi connectivity index (χ0n) is 6.09. The van der Waals surface area contributed by atoms with Gasteiger partial charge in [0.2, 0.25) is 0 Å². The second-order valence-electron chi connectivity index (χ2n) is 1.48. The number of carbonyl (C=O) groups is 1. The lowest BCUT2D eigenvalue weighted by atomic mass is 10.5. The standard InChI is InChI=1S/C6H11NO2.ClH/c1-7-5-3-4-6(8)9-2;/h3-4,7H,5H2,1-2H3;1H/b4-3+;. The highest BCUT2D eigenvalue weighted by Gasteiger charge is 1.86. The molecule has 0 aliphatic rings. The lowest BCUT2D eigenvalue weighted by Crippen LogP contribution is -2.05. The van der Waals surface area contributed by atoms with Crippen LogP contribution >= 0.6 is 12.4 Å². The Bertz CT molecular complexity index is 114. The maximum atomic E-state index is 10.3. The molecule has 0 rings (SSSR count). The number of esters is 1. The fraction of sp³-hybridized carbons (Fsp3) is 0.500. The molecule has 0 spiro atoms. The van der Waals surface area contributed by atoms with Crippen LogP contribution in [0.1, 0.15) is 0 Å². The van der Waals surface area contributed by atoms with Crippen molar-refractivity contribution in [3.63, 3.8) is 0 Å². The second-order valence-corrected chi connectivity index (χ2v) is 1.48. The Morgan fingerprint density at radius 1 is 1.70 bits per heavy atom. The van der Waals surface area contributed by atoms with E-state index in [9.17, 15) is 4.79 Å². The van der Waals surface area contributed by atoms with E-state index in [1.807, 2.05) is 7.05 Å². The van der Waals surface area contributed by atoms with E-state index in [0.717, 1.165) is 0 Å². The summed E-state index contributed by atoms with van der Waals surface area (Å²) in [5.41, 5.74) is 0. The molecule has 0 aromatic heterocycles. The minimum atomic E-state index is -0.315. The molecule has 0 aliphatic heterocycles. The molecule has 0 amide bonds. The summed E-state index contributed by atoms with van der Waals surface area (Å²) in [6.45, 7) is 0.690. The van der Waals surface area contributed by atoms with Gasteiger partial charge in [0, 0.05) is 12.6 Å². The number of halogens is 1. The Balaban J connectivity index is 0. The highest BCUT2D eigenvalue weighted by molar-refractivity contribution is 5.85. The van der Waals surface area contributed by atoms with Crippen molar-refractivity contribution in [1.82, 2.24) is 5.32 Å². The number of hydrogen-bond donors (Lipinski definition) is 1. The Morgan fingerprint density at radius 3 is 2.70 bits per heavy atom. The summed E-state index contributed by atoms with van der Waals surface area (Å²) in [6.07, 6.45) is 3.09. The lowest BCUT2D eigenvalue weighted by molar-refractivity contribution is -0.134. The fourth-order valence-corrected chi connectivity index (χ4v) is 0.341. The zero-order chi connectivity index (χ0) is 7.11. The van der Waals surface area contributed by atoms with E-state index < -0.39 is 0 Å². The van der Waals surface area contributed by atoms with E-state index in [-0.39, 0.29) is 18.4 Å². The summed E-state index contributed by atoms with van der Waals surface area (Å²) in [5.74, 6) is -0.315. The van der Waals surface area contributed by atoms with E-state index in [0.29, 0.717) is 6.54 Å². The lowest BCUT2D eigenvalue weighted by Gasteiger charge is -1.88. The maximum Gasteiger partial charge on any atom is 0.330 e. The van der Waals surface area contributed by atoms with Crippen molar-refractivity contribution in [1.29, 1.82) is 0 Å². The molecule has 0 aliphatic carbocycles. The molecular formula is C6H12ClNO2. The molecule has 0 atom stereocenters. The van der Waals surface area contributed by atoms with Crippen LogP contribution in [-0.2, 0) is 9.53 Å². The summed E-state index contributed by atoms with van der Waals surface area (Å²) in [5, 5.41) is 2.85. The van der Waals surface area contributed by atoms with Crippen molar-refractivity contribution in [3.8, 4) is 0 Å².